The molecule has 0 spiro atoms. The number of ketones is 1. The molecule has 0 saturated heterocycles. The number of nitrogens with zero attached hydrogens (tertiary/aromatic N) is 1. The molecular formula is C31H37NO3. The fourth-order valence-corrected chi connectivity index (χ4v) is 4.08. The van der Waals surface area contributed by atoms with Crippen molar-refractivity contribution in [1.29, 1.82) is 0 Å². The molecule has 0 unspecified atom stereocenters. The predicted octanol–water partition coefficient (Wildman–Crippen LogP) is 7.22. The molecule has 0 bridgehead atoms. The van der Waals surface area contributed by atoms with Gasteiger partial charge in [0, 0.05) is 24.6 Å². The van der Waals surface area contributed by atoms with Gasteiger partial charge in [-0.05, 0) is 64.9 Å². The van der Waals surface area contributed by atoms with Gasteiger partial charge in [0.15, 0.2) is 5.78 Å². The van der Waals surface area contributed by atoms with E-state index in [2.05, 4.69) is 75.0 Å². The molecule has 35 heavy (non-hydrogen) atoms. The monoisotopic (exact) mass is 471 g/mol. The van der Waals surface area contributed by atoms with Crippen LogP contribution in [-0.4, -0.2) is 28.5 Å². The fourth-order valence-electron chi connectivity index (χ4n) is 4.08. The molecule has 184 valence electrons. The highest BCUT2D eigenvalue weighted by Crippen LogP contribution is 2.33. The van der Waals surface area contributed by atoms with E-state index in [9.17, 15) is 14.4 Å². The largest absolute Gasteiger partial charge is 0.295 e. The maximum Gasteiger partial charge on any atom is 0.253 e. The normalized spacial score (nSPS) is 12.8. The molecule has 0 aromatic heterocycles. The summed E-state index contributed by atoms with van der Waals surface area (Å²) in [5.74, 6) is 0.728. The van der Waals surface area contributed by atoms with Crippen molar-refractivity contribution in [2.24, 2.45) is 5.92 Å². The lowest BCUT2D eigenvalue weighted by molar-refractivity contribution is -0.138. The minimum Gasteiger partial charge on any atom is -0.295 e. The molecule has 0 fully saturated rings. The number of benzene rings is 3. The molecule has 1 heterocycles. The van der Waals surface area contributed by atoms with Gasteiger partial charge in [-0.15, -0.1) is 0 Å². The Balaban J connectivity index is 0.000000206. The van der Waals surface area contributed by atoms with Crippen LogP contribution in [0.25, 0.3) is 21.5 Å². The second kappa shape index (κ2) is 12.8. The molecule has 0 aliphatic carbocycles. The van der Waals surface area contributed by atoms with Gasteiger partial charge >= 0.3 is 0 Å². The van der Waals surface area contributed by atoms with E-state index in [1.54, 1.807) is 0 Å². The molecule has 4 nitrogen and oxygen atoms in total. The third-order valence-corrected chi connectivity index (χ3v) is 5.59. The number of carbonyl (C=O) groups is 3. The van der Waals surface area contributed by atoms with Crippen LogP contribution in [0.1, 0.15) is 59.4 Å². The van der Waals surface area contributed by atoms with Gasteiger partial charge in [0.1, 0.15) is 0 Å². The molecule has 3 aromatic carbocycles. The van der Waals surface area contributed by atoms with Crippen LogP contribution in [-0.2, 0) is 14.4 Å². The number of rotatable bonds is 5. The highest BCUT2D eigenvalue weighted by molar-refractivity contribution is 6.13. The van der Waals surface area contributed by atoms with Crippen LogP contribution in [0.5, 0.6) is 0 Å². The van der Waals surface area contributed by atoms with Gasteiger partial charge in [0.25, 0.3) is 11.8 Å². The quantitative estimate of drug-likeness (QED) is 0.224. The SMILES string of the molecule is C=CC(=O)CC(C)C.CC(C)N1C(=O)C=CC1=O.CC(C)c1c2ccccc2cc2ccccc12. The van der Waals surface area contributed by atoms with Crippen molar-refractivity contribution >= 4 is 39.1 Å². The van der Waals surface area contributed by atoms with E-state index in [1.165, 1.54) is 50.2 Å². The molecule has 4 rings (SSSR count). The Bertz CT molecular complexity index is 1160. The minimum absolute atomic E-state index is 0.0324. The van der Waals surface area contributed by atoms with Crippen LogP contribution >= 0.6 is 0 Å². The van der Waals surface area contributed by atoms with Crippen molar-refractivity contribution < 1.29 is 14.4 Å². The third kappa shape index (κ3) is 7.48. The molecule has 0 N–H and O–H groups in total. The van der Waals surface area contributed by atoms with Crippen molar-refractivity contribution in [2.45, 2.75) is 59.9 Å². The van der Waals surface area contributed by atoms with Gasteiger partial charge < -0.3 is 0 Å². The first-order valence-corrected chi connectivity index (χ1v) is 12.2. The second-order valence-corrected chi connectivity index (χ2v) is 9.63. The van der Waals surface area contributed by atoms with Crippen LogP contribution in [0, 0.1) is 5.92 Å². The molecule has 2 amide bonds. The smallest absolute Gasteiger partial charge is 0.253 e. The summed E-state index contributed by atoms with van der Waals surface area (Å²) in [6.07, 6.45) is 4.59. The number of allylic oxidation sites excluding steroid dienone is 1. The number of hydrogen-bond acceptors (Lipinski definition) is 3. The second-order valence-electron chi connectivity index (χ2n) is 9.63. The van der Waals surface area contributed by atoms with Gasteiger partial charge in [0.2, 0.25) is 0 Å². The predicted molar refractivity (Wildman–Crippen MR) is 146 cm³/mol. The Kier molecular flexibility index (Phi) is 10.1. The zero-order chi connectivity index (χ0) is 26.1. The van der Waals surface area contributed by atoms with Crippen LogP contribution < -0.4 is 0 Å². The van der Waals surface area contributed by atoms with E-state index in [0.717, 1.165) is 0 Å². The van der Waals surface area contributed by atoms with Crippen molar-refractivity contribution in [3.8, 4) is 0 Å². The van der Waals surface area contributed by atoms with Gasteiger partial charge in [0.05, 0.1) is 0 Å². The Hall–Kier alpha value is -3.53. The zero-order valence-electron chi connectivity index (χ0n) is 21.7. The van der Waals surface area contributed by atoms with Crippen molar-refractivity contribution in [1.82, 2.24) is 4.90 Å². The molecule has 0 radical (unpaired) electrons. The number of carbonyl (C=O) groups excluding carboxylic acids is 3. The summed E-state index contributed by atoms with van der Waals surface area (Å²) in [6.45, 7) is 15.6. The first-order valence-electron chi connectivity index (χ1n) is 12.2. The van der Waals surface area contributed by atoms with Crippen molar-refractivity contribution in [2.75, 3.05) is 0 Å². The van der Waals surface area contributed by atoms with Gasteiger partial charge in [-0.1, -0.05) is 82.8 Å². The summed E-state index contributed by atoms with van der Waals surface area (Å²) >= 11 is 0. The van der Waals surface area contributed by atoms with E-state index in [4.69, 9.17) is 0 Å². The van der Waals surface area contributed by atoms with Gasteiger partial charge in [-0.25, -0.2) is 0 Å². The van der Waals surface area contributed by atoms with E-state index in [-0.39, 0.29) is 23.6 Å². The molecule has 1 aliphatic heterocycles. The van der Waals surface area contributed by atoms with Gasteiger partial charge in [-0.2, -0.15) is 0 Å². The zero-order valence-corrected chi connectivity index (χ0v) is 21.7. The molecule has 0 saturated carbocycles. The maximum atomic E-state index is 10.8. The summed E-state index contributed by atoms with van der Waals surface area (Å²) in [5.41, 5.74) is 1.47. The first kappa shape index (κ1) is 27.7. The lowest BCUT2D eigenvalue weighted by atomic mass is 9.90. The van der Waals surface area contributed by atoms with Gasteiger partial charge in [-0.3, -0.25) is 19.3 Å². The van der Waals surface area contributed by atoms with E-state index >= 15 is 0 Å². The highest BCUT2D eigenvalue weighted by atomic mass is 16.2. The summed E-state index contributed by atoms with van der Waals surface area (Å²) in [5, 5.41) is 5.47. The lowest BCUT2D eigenvalue weighted by Gasteiger charge is -2.17. The highest BCUT2D eigenvalue weighted by Gasteiger charge is 2.25. The summed E-state index contributed by atoms with van der Waals surface area (Å²) in [7, 11) is 0. The van der Waals surface area contributed by atoms with Crippen LogP contribution in [0.4, 0.5) is 0 Å². The Morgan fingerprint density at radius 3 is 1.60 bits per heavy atom. The van der Waals surface area contributed by atoms with Crippen molar-refractivity contribution in [3.63, 3.8) is 0 Å². The van der Waals surface area contributed by atoms with Crippen LogP contribution in [0.15, 0.2) is 79.4 Å². The summed E-state index contributed by atoms with van der Waals surface area (Å²) in [4.78, 5) is 33.4. The fraction of sp³-hybridized carbons (Fsp3) is 0.323. The molecule has 3 aromatic rings. The lowest BCUT2D eigenvalue weighted by Crippen LogP contribution is -2.36. The number of amides is 2. The Labute approximate surface area is 209 Å². The molecule has 0 atom stereocenters. The molecule has 4 heteroatoms. The number of hydrogen-bond donors (Lipinski definition) is 0. The van der Waals surface area contributed by atoms with E-state index in [0.29, 0.717) is 18.3 Å². The topological polar surface area (TPSA) is 54.5 Å². The Morgan fingerprint density at radius 2 is 1.29 bits per heavy atom. The third-order valence-electron chi connectivity index (χ3n) is 5.59. The number of imide groups is 1. The molecule has 1 aliphatic rings. The van der Waals surface area contributed by atoms with Crippen molar-refractivity contribution in [3.05, 3.63) is 85.0 Å². The van der Waals surface area contributed by atoms with Crippen LogP contribution in [0.2, 0.25) is 0 Å². The first-order chi connectivity index (χ1) is 16.6. The average Bonchev–Trinajstić information content (AvgIpc) is 3.15. The molecular weight excluding hydrogens is 434 g/mol. The Morgan fingerprint density at radius 1 is 0.829 bits per heavy atom. The van der Waals surface area contributed by atoms with Crippen LogP contribution in [0.3, 0.4) is 0 Å². The summed E-state index contributed by atoms with van der Waals surface area (Å²) < 4.78 is 0. The average molecular weight is 472 g/mol. The van der Waals surface area contributed by atoms with E-state index < -0.39 is 0 Å². The van der Waals surface area contributed by atoms with E-state index in [1.807, 2.05) is 27.7 Å². The summed E-state index contributed by atoms with van der Waals surface area (Å²) in [6, 6.07) is 19.6. The minimum atomic E-state index is -0.208. The number of fused-ring (bicyclic) bond motifs is 2. The standard InChI is InChI=1S/C17H16.C7H9NO2.C7H12O/c1-12(2)17-15-9-5-3-7-13(15)11-14-8-4-6-10-16(14)17;1-5(2)8-6(9)3-4-7(8)10;1-4-7(8)5-6(2)3/h3-12H,1-2H3;3-5H,1-2H3;4,6H,1,5H2,2-3H3. The maximum absolute atomic E-state index is 10.8.